The first-order valence-corrected chi connectivity index (χ1v) is 4.60. The van der Waals surface area contributed by atoms with Crippen molar-refractivity contribution in [3.8, 4) is 0 Å². The summed E-state index contributed by atoms with van der Waals surface area (Å²) in [4.78, 5) is 7.01. The van der Waals surface area contributed by atoms with Crippen molar-refractivity contribution in [2.45, 2.75) is 0 Å². The Morgan fingerprint density at radius 2 is 1.10 bits per heavy atom. The number of azide groups is 1. The van der Waals surface area contributed by atoms with Gasteiger partial charge in [-0.1, -0.05) is 0 Å². The Morgan fingerprint density at radius 3 is 1.30 bits per heavy atom. The topological polar surface area (TPSA) is 146 Å². The minimum absolute atomic E-state index is 2.34. The zero-order chi connectivity index (χ0) is 7.82. The summed E-state index contributed by atoms with van der Waals surface area (Å²) in [6.45, 7) is 0. The third-order valence-corrected chi connectivity index (χ3v) is 2.04. The number of nitrogens with zero attached hydrogens (tertiary/aromatic N) is 9. The molecule has 0 unspecified atom stereocenters. The van der Waals surface area contributed by atoms with Crippen LogP contribution in [0.5, 0.6) is 0 Å². The fourth-order valence-electron chi connectivity index (χ4n) is 0.136. The number of hydrogen-bond acceptors (Lipinski definition) is 3. The van der Waals surface area contributed by atoms with Crippen LogP contribution in [0.4, 0.5) is 0 Å². The van der Waals surface area contributed by atoms with Gasteiger partial charge in [0.1, 0.15) is 0 Å². The van der Waals surface area contributed by atoms with Gasteiger partial charge >= 0.3 is 62.0 Å². The van der Waals surface area contributed by atoms with Crippen LogP contribution in [0.2, 0.25) is 0 Å². The first kappa shape index (κ1) is 8.66. The molecule has 0 saturated heterocycles. The molecule has 0 fully saturated rings. The molecule has 0 heterocycles. The Balaban J connectivity index is 4.39. The van der Waals surface area contributed by atoms with Gasteiger partial charge in [-0.05, 0) is 0 Å². The second-order valence-electron chi connectivity index (χ2n) is 0.722. The van der Waals surface area contributed by atoms with Gasteiger partial charge in [-0.2, -0.15) is 0 Å². The minimum atomic E-state index is -2.77. The molecule has 0 aliphatic heterocycles. The van der Waals surface area contributed by atoms with Gasteiger partial charge in [-0.25, -0.2) is 0 Å². The SMILES string of the molecule is [N-]=[N+]=NI(N=[N+]=[N-])N=[N+]=[N-]. The average molecular weight is 253 g/mol. The molecule has 0 spiro atoms. The second-order valence-corrected chi connectivity index (χ2v) is 3.31. The van der Waals surface area contributed by atoms with Gasteiger partial charge < -0.3 is 0 Å². The van der Waals surface area contributed by atoms with Crippen molar-refractivity contribution in [3.05, 3.63) is 31.3 Å². The van der Waals surface area contributed by atoms with Crippen molar-refractivity contribution >= 4 is 20.6 Å². The molecule has 0 aromatic heterocycles. The summed E-state index contributed by atoms with van der Waals surface area (Å²) in [5.74, 6) is 0. The molecule has 0 bridgehead atoms. The summed E-state index contributed by atoms with van der Waals surface area (Å²) in [5, 5.41) is 0. The van der Waals surface area contributed by atoms with Gasteiger partial charge in [0.15, 0.2) is 0 Å². The van der Waals surface area contributed by atoms with Crippen molar-refractivity contribution < 1.29 is 0 Å². The number of halogens is 1. The van der Waals surface area contributed by atoms with Crippen LogP contribution in [0.1, 0.15) is 0 Å². The normalized spacial score (nSPS) is 7.80. The van der Waals surface area contributed by atoms with Crippen LogP contribution in [0.25, 0.3) is 31.3 Å². The third kappa shape index (κ3) is 3.64. The summed E-state index contributed by atoms with van der Waals surface area (Å²) < 4.78 is 9.00. The summed E-state index contributed by atoms with van der Waals surface area (Å²) in [6.07, 6.45) is 0. The van der Waals surface area contributed by atoms with E-state index in [2.05, 4.69) is 24.7 Å². The Kier molecular flexibility index (Phi) is 5.01. The van der Waals surface area contributed by atoms with E-state index in [1.54, 1.807) is 0 Å². The van der Waals surface area contributed by atoms with E-state index in [1.165, 1.54) is 0 Å². The fourth-order valence-corrected chi connectivity index (χ4v) is 0.913. The summed E-state index contributed by atoms with van der Waals surface area (Å²) in [7, 11) is 0. The van der Waals surface area contributed by atoms with Crippen molar-refractivity contribution in [1.29, 1.82) is 0 Å². The van der Waals surface area contributed by atoms with E-state index < -0.39 is 20.6 Å². The van der Waals surface area contributed by atoms with Gasteiger partial charge in [0.25, 0.3) is 0 Å². The van der Waals surface area contributed by atoms with E-state index in [0.717, 1.165) is 0 Å². The number of rotatable bonds is 3. The first-order valence-electron chi connectivity index (χ1n) is 1.71. The van der Waals surface area contributed by atoms with Gasteiger partial charge in [-0.3, -0.25) is 0 Å². The van der Waals surface area contributed by atoms with Crippen LogP contribution in [0.15, 0.2) is 9.98 Å². The maximum atomic E-state index is 7.82. The van der Waals surface area contributed by atoms with Gasteiger partial charge in [0.2, 0.25) is 0 Å². The van der Waals surface area contributed by atoms with Crippen molar-refractivity contribution in [2.75, 3.05) is 0 Å². The Labute approximate surface area is 62.4 Å². The second kappa shape index (κ2) is 5.79. The molecule has 9 nitrogen and oxygen atoms in total. The molecule has 10 heavy (non-hydrogen) atoms. The third-order valence-electron chi connectivity index (χ3n) is 0.304. The van der Waals surface area contributed by atoms with E-state index in [-0.39, 0.29) is 0 Å². The molecule has 0 N–H and O–H groups in total. The van der Waals surface area contributed by atoms with Crippen LogP contribution in [0.3, 0.4) is 0 Å². The van der Waals surface area contributed by atoms with E-state index in [0.29, 0.717) is 0 Å². The van der Waals surface area contributed by atoms with Crippen LogP contribution < -0.4 is 0 Å². The van der Waals surface area contributed by atoms with Crippen LogP contribution in [0, 0.1) is 0 Å². The molecule has 0 atom stereocenters. The van der Waals surface area contributed by atoms with Gasteiger partial charge in [0.05, 0.1) is 0 Å². The molecule has 0 saturated carbocycles. The van der Waals surface area contributed by atoms with Crippen LogP contribution >= 0.6 is 20.6 Å². The quantitative estimate of drug-likeness (QED) is 0.314. The zero-order valence-electron chi connectivity index (χ0n) is 4.40. The molecule has 0 radical (unpaired) electrons. The predicted octanol–water partition coefficient (Wildman–Crippen LogP) is 3.17. The predicted molar refractivity (Wildman–Crippen MR) is 41.5 cm³/mol. The van der Waals surface area contributed by atoms with E-state index in [1.807, 2.05) is 0 Å². The average Bonchev–Trinajstić information content (AvgIpc) is 1.90. The monoisotopic (exact) mass is 253 g/mol. The van der Waals surface area contributed by atoms with Crippen LogP contribution in [-0.2, 0) is 0 Å². The van der Waals surface area contributed by atoms with Gasteiger partial charge in [0, 0.05) is 0 Å². The summed E-state index contributed by atoms with van der Waals surface area (Å²) in [5.41, 5.74) is 23.5. The maximum absolute atomic E-state index is 7.82. The molecule has 0 aliphatic rings. The molecule has 0 amide bonds. The molecule has 10 heteroatoms. The Morgan fingerprint density at radius 1 is 0.800 bits per heavy atom. The number of hydrogen-bond donors (Lipinski definition) is 0. The Bertz CT molecular complexity index is 189. The standard InChI is InChI=1S/IN9/c2-8-5-1(6-9-3)7-10-4. The molecular weight excluding hydrogens is 253 g/mol. The van der Waals surface area contributed by atoms with Crippen molar-refractivity contribution in [2.24, 2.45) is 9.98 Å². The molecule has 0 aromatic carbocycles. The fraction of sp³-hybridized carbons (Fsp3) is 0. The van der Waals surface area contributed by atoms with Crippen LogP contribution in [-0.4, -0.2) is 0 Å². The Hall–Kier alpha value is -1.34. The van der Waals surface area contributed by atoms with Crippen molar-refractivity contribution in [1.82, 2.24) is 0 Å². The first-order chi connectivity index (χ1) is 4.85. The molecule has 52 valence electrons. The van der Waals surface area contributed by atoms with E-state index >= 15 is 0 Å². The molecule has 0 rings (SSSR count). The molecule has 0 aliphatic carbocycles. The molecular formula is IN9. The van der Waals surface area contributed by atoms with Crippen molar-refractivity contribution in [3.63, 3.8) is 0 Å². The summed E-state index contributed by atoms with van der Waals surface area (Å²) in [6, 6.07) is 0. The van der Waals surface area contributed by atoms with Gasteiger partial charge in [-0.15, -0.1) is 0 Å². The zero-order valence-corrected chi connectivity index (χ0v) is 6.56. The summed E-state index contributed by atoms with van der Waals surface area (Å²) >= 11 is -2.77. The van der Waals surface area contributed by atoms with E-state index in [9.17, 15) is 0 Å². The molecule has 0 aromatic rings. The van der Waals surface area contributed by atoms with E-state index in [4.69, 9.17) is 16.6 Å².